The molecule has 0 spiro atoms. The van der Waals surface area contributed by atoms with Crippen molar-refractivity contribution in [3.8, 4) is 17.2 Å². The van der Waals surface area contributed by atoms with Gasteiger partial charge in [0.15, 0.2) is 15.8 Å². The fourth-order valence-electron chi connectivity index (χ4n) is 3.76. The average molecular weight is 538 g/mol. The number of anilines is 1. The Morgan fingerprint density at radius 1 is 1.06 bits per heavy atom. The molecule has 0 aliphatic carbocycles. The van der Waals surface area contributed by atoms with E-state index in [9.17, 15) is 4.79 Å². The fourth-order valence-corrected chi connectivity index (χ4v) is 5.31. The number of carbonyl (C=O) groups is 1. The van der Waals surface area contributed by atoms with Crippen molar-refractivity contribution in [3.63, 3.8) is 0 Å². The second-order valence-electron chi connectivity index (χ2n) is 7.81. The van der Waals surface area contributed by atoms with Gasteiger partial charge in [0.1, 0.15) is 12.4 Å². The largest absolute Gasteiger partial charge is 0.495 e. The highest BCUT2D eigenvalue weighted by molar-refractivity contribution is 8.27. The van der Waals surface area contributed by atoms with Crippen LogP contribution >= 0.6 is 35.6 Å². The average Bonchev–Trinajstić information content (AvgIpc) is 3.16. The highest BCUT2D eigenvalue weighted by Gasteiger charge is 2.33. The summed E-state index contributed by atoms with van der Waals surface area (Å²) in [7, 11) is 3.13. The van der Waals surface area contributed by atoms with Gasteiger partial charge in [-0.1, -0.05) is 72.0 Å². The molecule has 8 heteroatoms. The van der Waals surface area contributed by atoms with E-state index in [1.165, 1.54) is 23.8 Å². The van der Waals surface area contributed by atoms with Gasteiger partial charge in [0.05, 0.1) is 29.8 Å². The summed E-state index contributed by atoms with van der Waals surface area (Å²) >= 11 is 13.0. The summed E-state index contributed by atoms with van der Waals surface area (Å²) in [4.78, 5) is 15.2. The Morgan fingerprint density at radius 2 is 1.81 bits per heavy atom. The molecule has 0 unspecified atom stereocenters. The van der Waals surface area contributed by atoms with Gasteiger partial charge in [-0.05, 0) is 54.0 Å². The van der Waals surface area contributed by atoms with Crippen molar-refractivity contribution < 1.29 is 19.0 Å². The summed E-state index contributed by atoms with van der Waals surface area (Å²) in [5.74, 6) is 1.53. The molecule has 0 saturated carbocycles. The lowest BCUT2D eigenvalue weighted by Crippen LogP contribution is -2.27. The van der Waals surface area contributed by atoms with Crippen LogP contribution in [0.2, 0.25) is 5.02 Å². The molecule has 1 amide bonds. The normalized spacial score (nSPS) is 14.3. The van der Waals surface area contributed by atoms with E-state index >= 15 is 0 Å². The molecule has 3 aromatic carbocycles. The molecule has 184 valence electrons. The van der Waals surface area contributed by atoms with Crippen LogP contribution in [0.1, 0.15) is 16.7 Å². The van der Waals surface area contributed by atoms with Gasteiger partial charge >= 0.3 is 0 Å². The van der Waals surface area contributed by atoms with Crippen molar-refractivity contribution in [3.05, 3.63) is 99.9 Å². The van der Waals surface area contributed by atoms with E-state index < -0.39 is 0 Å². The number of halogens is 1. The van der Waals surface area contributed by atoms with Gasteiger partial charge < -0.3 is 14.2 Å². The van der Waals surface area contributed by atoms with Crippen LogP contribution in [0.3, 0.4) is 0 Å². The number of thioether (sulfide) groups is 1. The van der Waals surface area contributed by atoms with E-state index in [1.54, 1.807) is 37.5 Å². The minimum Gasteiger partial charge on any atom is -0.495 e. The maximum absolute atomic E-state index is 13.3. The predicted octanol–water partition coefficient (Wildman–Crippen LogP) is 7.07. The monoisotopic (exact) mass is 537 g/mol. The molecular formula is C28H24ClNO4S2. The number of hydrogen-bond acceptors (Lipinski definition) is 6. The maximum atomic E-state index is 13.3. The SMILES string of the molecule is C=CCc1cc(/C=C2\SC(=S)N(c3ccc(OC)c(Cl)c3)C2=O)cc(OC)c1OCc1ccccc1. The van der Waals surface area contributed by atoms with Gasteiger partial charge in [-0.3, -0.25) is 9.69 Å². The summed E-state index contributed by atoms with van der Waals surface area (Å²) < 4.78 is 17.4. The van der Waals surface area contributed by atoms with E-state index in [2.05, 4.69) is 6.58 Å². The number of nitrogens with zero attached hydrogens (tertiary/aromatic N) is 1. The molecule has 3 aromatic rings. The molecular weight excluding hydrogens is 514 g/mol. The smallest absolute Gasteiger partial charge is 0.270 e. The lowest BCUT2D eigenvalue weighted by molar-refractivity contribution is -0.113. The molecule has 1 heterocycles. The first-order chi connectivity index (χ1) is 17.4. The van der Waals surface area contributed by atoms with Crippen LogP contribution in [0.5, 0.6) is 17.2 Å². The van der Waals surface area contributed by atoms with Crippen molar-refractivity contribution >= 4 is 57.6 Å². The Kier molecular flexibility index (Phi) is 8.36. The first kappa shape index (κ1) is 25.8. The summed E-state index contributed by atoms with van der Waals surface area (Å²) in [6.07, 6.45) is 4.19. The van der Waals surface area contributed by atoms with Gasteiger partial charge in [0.25, 0.3) is 5.91 Å². The molecule has 0 atom stereocenters. The zero-order valence-corrected chi connectivity index (χ0v) is 22.2. The Morgan fingerprint density at radius 3 is 2.47 bits per heavy atom. The summed E-state index contributed by atoms with van der Waals surface area (Å²) in [5.41, 5.74) is 3.34. The highest BCUT2D eigenvalue weighted by atomic mass is 35.5. The van der Waals surface area contributed by atoms with E-state index in [-0.39, 0.29) is 5.91 Å². The minimum atomic E-state index is -0.222. The first-order valence-electron chi connectivity index (χ1n) is 11.0. The number of amides is 1. The Bertz CT molecular complexity index is 1340. The summed E-state index contributed by atoms with van der Waals surface area (Å²) in [5, 5.41) is 0.401. The standard InChI is InChI=1S/C28H24ClNO4S2/c1-4-8-20-13-19(14-24(33-3)26(20)34-17-18-9-6-5-7-10-18)15-25-27(31)30(28(35)36-25)21-11-12-23(32-2)22(29)16-21/h4-7,9-16H,1,8,17H2,2-3H3/b25-15-. The number of ether oxygens (including phenoxy) is 3. The molecule has 1 aliphatic rings. The molecule has 0 radical (unpaired) electrons. The Balaban J connectivity index is 1.64. The van der Waals surface area contributed by atoms with Crippen molar-refractivity contribution in [2.45, 2.75) is 13.0 Å². The molecule has 0 bridgehead atoms. The molecule has 0 aromatic heterocycles. The minimum absolute atomic E-state index is 0.222. The molecule has 1 aliphatic heterocycles. The number of thiocarbonyl (C=S) groups is 1. The van der Waals surface area contributed by atoms with Crippen LogP contribution in [-0.2, 0) is 17.8 Å². The van der Waals surface area contributed by atoms with Crippen molar-refractivity contribution in [2.24, 2.45) is 0 Å². The van der Waals surface area contributed by atoms with Crippen LogP contribution < -0.4 is 19.1 Å². The summed E-state index contributed by atoms with van der Waals surface area (Å²) in [6, 6.07) is 18.9. The molecule has 5 nitrogen and oxygen atoms in total. The molecule has 36 heavy (non-hydrogen) atoms. The highest BCUT2D eigenvalue weighted by Crippen LogP contribution is 2.40. The van der Waals surface area contributed by atoms with Crippen LogP contribution in [0.25, 0.3) is 6.08 Å². The number of hydrogen-bond donors (Lipinski definition) is 0. The number of allylic oxidation sites excluding steroid dienone is 1. The Labute approximate surface area is 225 Å². The van der Waals surface area contributed by atoms with Gasteiger partial charge in [-0.2, -0.15) is 0 Å². The van der Waals surface area contributed by atoms with E-state index in [0.29, 0.717) is 50.2 Å². The van der Waals surface area contributed by atoms with E-state index in [0.717, 1.165) is 16.7 Å². The second-order valence-corrected chi connectivity index (χ2v) is 9.90. The van der Waals surface area contributed by atoms with Gasteiger partial charge in [0.2, 0.25) is 0 Å². The second kappa shape index (κ2) is 11.6. The van der Waals surface area contributed by atoms with Crippen LogP contribution in [0, 0.1) is 0 Å². The lowest BCUT2D eigenvalue weighted by atomic mass is 10.0. The number of rotatable bonds is 9. The lowest BCUT2D eigenvalue weighted by Gasteiger charge is -2.16. The zero-order chi connectivity index (χ0) is 25.7. The van der Waals surface area contributed by atoms with E-state index in [4.69, 9.17) is 38.0 Å². The third kappa shape index (κ3) is 5.59. The van der Waals surface area contributed by atoms with E-state index in [1.807, 2.05) is 42.5 Å². The van der Waals surface area contributed by atoms with Crippen LogP contribution in [-0.4, -0.2) is 24.4 Å². The third-order valence-corrected chi connectivity index (χ3v) is 7.05. The molecule has 0 N–H and O–H groups in total. The molecule has 1 fully saturated rings. The topological polar surface area (TPSA) is 48.0 Å². The number of methoxy groups -OCH3 is 2. The van der Waals surface area contributed by atoms with Gasteiger partial charge in [-0.15, -0.1) is 6.58 Å². The summed E-state index contributed by atoms with van der Waals surface area (Å²) in [6.45, 7) is 4.28. The quantitative estimate of drug-likeness (QED) is 0.165. The molecule has 4 rings (SSSR count). The maximum Gasteiger partial charge on any atom is 0.270 e. The van der Waals surface area contributed by atoms with Crippen molar-refractivity contribution in [1.82, 2.24) is 0 Å². The Hall–Kier alpha value is -3.26. The van der Waals surface area contributed by atoms with Crippen LogP contribution in [0.4, 0.5) is 5.69 Å². The molecule has 1 saturated heterocycles. The fraction of sp³-hybridized carbons (Fsp3) is 0.143. The number of carbonyl (C=O) groups excluding carboxylic acids is 1. The van der Waals surface area contributed by atoms with Crippen LogP contribution in [0.15, 0.2) is 78.2 Å². The van der Waals surface area contributed by atoms with Gasteiger partial charge in [-0.25, -0.2) is 0 Å². The van der Waals surface area contributed by atoms with Crippen molar-refractivity contribution in [2.75, 3.05) is 19.1 Å². The van der Waals surface area contributed by atoms with Gasteiger partial charge in [0, 0.05) is 5.56 Å². The third-order valence-electron chi connectivity index (χ3n) is 5.45. The zero-order valence-electron chi connectivity index (χ0n) is 19.8. The van der Waals surface area contributed by atoms with Crippen molar-refractivity contribution in [1.29, 1.82) is 0 Å². The number of benzene rings is 3. The predicted molar refractivity (Wildman–Crippen MR) is 151 cm³/mol. The first-order valence-corrected chi connectivity index (χ1v) is 12.7.